The minimum atomic E-state index is 0.0216. The average Bonchev–Trinajstić information content (AvgIpc) is 2.59. The van der Waals surface area contributed by atoms with E-state index in [0.717, 1.165) is 51.4 Å². The Hall–Kier alpha value is -2.08. The molecule has 1 aromatic carbocycles. The zero-order valence-electron chi connectivity index (χ0n) is 13.8. The van der Waals surface area contributed by atoms with Crippen LogP contribution in [0.1, 0.15) is 19.8 Å². The van der Waals surface area contributed by atoms with Crippen LogP contribution in [0.3, 0.4) is 0 Å². The van der Waals surface area contributed by atoms with E-state index in [1.54, 1.807) is 0 Å². The van der Waals surface area contributed by atoms with E-state index in [4.69, 9.17) is 0 Å². The second kappa shape index (κ2) is 9.15. The zero-order valence-corrected chi connectivity index (χ0v) is 13.8. The fourth-order valence-electron chi connectivity index (χ4n) is 2.52. The maximum absolute atomic E-state index is 11.9. The molecular weight excluding hydrogens is 292 g/mol. The summed E-state index contributed by atoms with van der Waals surface area (Å²) in [7, 11) is 0. The summed E-state index contributed by atoms with van der Waals surface area (Å²) in [6.07, 6.45) is 1.42. The number of carbonyl (C=O) groups excluding carboxylic acids is 2. The fourth-order valence-corrected chi connectivity index (χ4v) is 2.52. The van der Waals surface area contributed by atoms with Crippen LogP contribution < -0.4 is 10.6 Å². The maximum atomic E-state index is 11.9. The van der Waals surface area contributed by atoms with Gasteiger partial charge in [0.05, 0.1) is 0 Å². The number of nitrogens with one attached hydrogen (secondary N) is 2. The summed E-state index contributed by atoms with van der Waals surface area (Å²) in [5, 5.41) is 5.79. The number of carbonyl (C=O) groups is 2. The predicted octanol–water partition coefficient (Wildman–Crippen LogP) is 1.75. The number of para-hydroxylation sites is 1. The number of amides is 3. The molecular formula is C17H26N4O2. The van der Waals surface area contributed by atoms with Crippen molar-refractivity contribution in [2.75, 3.05) is 44.6 Å². The predicted molar refractivity (Wildman–Crippen MR) is 91.4 cm³/mol. The number of benzene rings is 1. The molecule has 0 saturated carbocycles. The van der Waals surface area contributed by atoms with Crippen molar-refractivity contribution in [2.45, 2.75) is 19.8 Å². The highest BCUT2D eigenvalue weighted by Gasteiger charge is 2.20. The summed E-state index contributed by atoms with van der Waals surface area (Å²) in [6.45, 7) is 6.56. The smallest absolute Gasteiger partial charge is 0.317 e. The fraction of sp³-hybridized carbons (Fsp3) is 0.529. The average molecular weight is 318 g/mol. The molecule has 0 radical (unpaired) electrons. The van der Waals surface area contributed by atoms with Crippen LogP contribution in [-0.2, 0) is 4.79 Å². The molecule has 1 heterocycles. The molecule has 1 fully saturated rings. The first kappa shape index (κ1) is 17.3. The SMILES string of the molecule is CCCNC(=O)N1CCN(CCC(=O)Nc2ccccc2)CC1. The maximum Gasteiger partial charge on any atom is 0.317 e. The van der Waals surface area contributed by atoms with Crippen LogP contribution in [0, 0.1) is 0 Å². The Labute approximate surface area is 137 Å². The lowest BCUT2D eigenvalue weighted by Crippen LogP contribution is -2.52. The summed E-state index contributed by atoms with van der Waals surface area (Å²) in [6, 6.07) is 9.51. The second-order valence-corrected chi connectivity index (χ2v) is 5.72. The van der Waals surface area contributed by atoms with E-state index in [9.17, 15) is 9.59 Å². The molecule has 1 aliphatic rings. The van der Waals surface area contributed by atoms with Crippen molar-refractivity contribution in [3.05, 3.63) is 30.3 Å². The third-order valence-electron chi connectivity index (χ3n) is 3.90. The van der Waals surface area contributed by atoms with E-state index >= 15 is 0 Å². The van der Waals surface area contributed by atoms with Crippen LogP contribution in [0.2, 0.25) is 0 Å². The van der Waals surface area contributed by atoms with E-state index in [-0.39, 0.29) is 11.9 Å². The lowest BCUT2D eigenvalue weighted by Gasteiger charge is -2.34. The van der Waals surface area contributed by atoms with Crippen molar-refractivity contribution in [2.24, 2.45) is 0 Å². The highest BCUT2D eigenvalue weighted by atomic mass is 16.2. The van der Waals surface area contributed by atoms with Gasteiger partial charge in [-0.25, -0.2) is 4.79 Å². The van der Waals surface area contributed by atoms with Gasteiger partial charge in [0.2, 0.25) is 5.91 Å². The summed E-state index contributed by atoms with van der Waals surface area (Å²) in [5.74, 6) is 0.0271. The Morgan fingerprint density at radius 1 is 1.09 bits per heavy atom. The molecule has 1 aromatic rings. The van der Waals surface area contributed by atoms with E-state index in [1.807, 2.05) is 42.2 Å². The Kier molecular flexibility index (Phi) is 6.87. The molecule has 3 amide bonds. The Morgan fingerprint density at radius 3 is 2.43 bits per heavy atom. The minimum absolute atomic E-state index is 0.0216. The minimum Gasteiger partial charge on any atom is -0.338 e. The summed E-state index contributed by atoms with van der Waals surface area (Å²) >= 11 is 0. The van der Waals surface area contributed by atoms with Crippen LogP contribution >= 0.6 is 0 Å². The van der Waals surface area contributed by atoms with Crippen LogP contribution in [0.5, 0.6) is 0 Å². The van der Waals surface area contributed by atoms with Gasteiger partial charge in [0.1, 0.15) is 0 Å². The van der Waals surface area contributed by atoms with Crippen LogP contribution in [0.25, 0.3) is 0 Å². The number of rotatable bonds is 6. The topological polar surface area (TPSA) is 64.7 Å². The van der Waals surface area contributed by atoms with Gasteiger partial charge in [-0.2, -0.15) is 0 Å². The number of anilines is 1. The van der Waals surface area contributed by atoms with Gasteiger partial charge in [-0.1, -0.05) is 25.1 Å². The van der Waals surface area contributed by atoms with Crippen molar-refractivity contribution in [3.8, 4) is 0 Å². The molecule has 0 spiro atoms. The molecule has 6 heteroatoms. The summed E-state index contributed by atoms with van der Waals surface area (Å²) in [5.41, 5.74) is 0.829. The molecule has 0 bridgehead atoms. The quantitative estimate of drug-likeness (QED) is 0.840. The lowest BCUT2D eigenvalue weighted by atomic mass is 10.2. The molecule has 2 rings (SSSR count). The molecule has 0 aliphatic carbocycles. The van der Waals surface area contributed by atoms with Crippen LogP contribution in [0.4, 0.5) is 10.5 Å². The zero-order chi connectivity index (χ0) is 16.5. The Morgan fingerprint density at radius 2 is 1.78 bits per heavy atom. The normalized spacial score (nSPS) is 15.3. The second-order valence-electron chi connectivity index (χ2n) is 5.72. The van der Waals surface area contributed by atoms with Gasteiger partial charge in [-0.05, 0) is 18.6 Å². The van der Waals surface area contributed by atoms with Gasteiger partial charge in [-0.3, -0.25) is 9.69 Å². The van der Waals surface area contributed by atoms with Crippen molar-refractivity contribution in [3.63, 3.8) is 0 Å². The lowest BCUT2D eigenvalue weighted by molar-refractivity contribution is -0.116. The van der Waals surface area contributed by atoms with Gasteiger partial charge < -0.3 is 15.5 Å². The van der Waals surface area contributed by atoms with E-state index < -0.39 is 0 Å². The Balaban J connectivity index is 1.64. The van der Waals surface area contributed by atoms with Crippen LogP contribution in [0.15, 0.2) is 30.3 Å². The Bertz CT molecular complexity index is 499. The first-order valence-corrected chi connectivity index (χ1v) is 8.29. The van der Waals surface area contributed by atoms with Crippen molar-refractivity contribution in [1.29, 1.82) is 0 Å². The number of urea groups is 1. The molecule has 23 heavy (non-hydrogen) atoms. The van der Waals surface area contributed by atoms with Crippen LogP contribution in [-0.4, -0.2) is 61.0 Å². The van der Waals surface area contributed by atoms with E-state index in [0.29, 0.717) is 6.42 Å². The number of hydrogen-bond acceptors (Lipinski definition) is 3. The number of piperazine rings is 1. The molecule has 0 atom stereocenters. The monoisotopic (exact) mass is 318 g/mol. The largest absolute Gasteiger partial charge is 0.338 e. The van der Waals surface area contributed by atoms with Gasteiger partial charge in [0, 0.05) is 51.4 Å². The first-order valence-electron chi connectivity index (χ1n) is 8.29. The van der Waals surface area contributed by atoms with Crippen molar-refractivity contribution in [1.82, 2.24) is 15.1 Å². The molecule has 1 aliphatic heterocycles. The molecule has 1 saturated heterocycles. The highest BCUT2D eigenvalue weighted by molar-refractivity contribution is 5.90. The third kappa shape index (κ3) is 5.90. The third-order valence-corrected chi connectivity index (χ3v) is 3.90. The first-order chi connectivity index (χ1) is 11.2. The summed E-state index contributed by atoms with van der Waals surface area (Å²) < 4.78 is 0. The standard InChI is InChI=1S/C17H26N4O2/c1-2-9-18-17(23)21-13-11-20(12-14-21)10-8-16(22)19-15-6-4-3-5-7-15/h3-7H,2,8-14H2,1H3,(H,18,23)(H,19,22). The molecule has 6 nitrogen and oxygen atoms in total. The molecule has 0 unspecified atom stereocenters. The van der Waals surface area contributed by atoms with Gasteiger partial charge in [0.25, 0.3) is 0 Å². The van der Waals surface area contributed by atoms with E-state index in [2.05, 4.69) is 15.5 Å². The number of nitrogens with zero attached hydrogens (tertiary/aromatic N) is 2. The van der Waals surface area contributed by atoms with Gasteiger partial charge >= 0.3 is 6.03 Å². The number of hydrogen-bond donors (Lipinski definition) is 2. The van der Waals surface area contributed by atoms with Gasteiger partial charge in [-0.15, -0.1) is 0 Å². The highest BCUT2D eigenvalue weighted by Crippen LogP contribution is 2.07. The van der Waals surface area contributed by atoms with Crippen molar-refractivity contribution < 1.29 is 9.59 Å². The van der Waals surface area contributed by atoms with Gasteiger partial charge in [0.15, 0.2) is 0 Å². The van der Waals surface area contributed by atoms with E-state index in [1.165, 1.54) is 0 Å². The molecule has 126 valence electrons. The summed E-state index contributed by atoms with van der Waals surface area (Å²) in [4.78, 5) is 27.9. The van der Waals surface area contributed by atoms with Crippen molar-refractivity contribution >= 4 is 17.6 Å². The molecule has 0 aromatic heterocycles. The molecule has 2 N–H and O–H groups in total.